The van der Waals surface area contributed by atoms with Crippen molar-refractivity contribution >= 4 is 43.9 Å². The Balaban J connectivity index is 1.60. The van der Waals surface area contributed by atoms with E-state index in [4.69, 9.17) is 4.42 Å². The summed E-state index contributed by atoms with van der Waals surface area (Å²) in [4.78, 5) is 17.0. The number of nitrogens with one attached hydrogen (secondary N) is 1. The number of benzene rings is 3. The average molecular weight is 388 g/mol. The second-order valence-electron chi connectivity index (χ2n) is 6.29. The minimum atomic E-state index is -0.453. The highest BCUT2D eigenvalue weighted by Crippen LogP contribution is 2.30. The van der Waals surface area contributed by atoms with Crippen LogP contribution in [0.15, 0.2) is 81.3 Å². The predicted molar refractivity (Wildman–Crippen MR) is 111 cm³/mol. The lowest BCUT2D eigenvalue weighted by atomic mass is 10.0. The van der Waals surface area contributed by atoms with Gasteiger partial charge in [-0.2, -0.15) is 0 Å². The van der Waals surface area contributed by atoms with Crippen LogP contribution in [0.5, 0.6) is 0 Å². The Bertz CT molecular complexity index is 1390. The SMILES string of the molecule is O=c1oc2ccc3ccccc3c2cc1-c1csc(Nc2ccccc2F)n1. The normalized spacial score (nSPS) is 11.2. The van der Waals surface area contributed by atoms with Crippen LogP contribution >= 0.6 is 11.3 Å². The summed E-state index contributed by atoms with van der Waals surface area (Å²) in [6.07, 6.45) is 0. The Morgan fingerprint density at radius 1 is 0.964 bits per heavy atom. The zero-order chi connectivity index (χ0) is 19.1. The molecule has 0 fully saturated rings. The summed E-state index contributed by atoms with van der Waals surface area (Å²) < 4.78 is 19.4. The Morgan fingerprint density at radius 3 is 2.68 bits per heavy atom. The van der Waals surface area contributed by atoms with E-state index in [1.165, 1.54) is 17.4 Å². The highest BCUT2D eigenvalue weighted by molar-refractivity contribution is 7.14. The number of hydrogen-bond acceptors (Lipinski definition) is 5. The van der Waals surface area contributed by atoms with Crippen LogP contribution in [-0.2, 0) is 0 Å². The maximum absolute atomic E-state index is 13.8. The highest BCUT2D eigenvalue weighted by Gasteiger charge is 2.14. The maximum Gasteiger partial charge on any atom is 0.345 e. The Labute approximate surface area is 162 Å². The van der Waals surface area contributed by atoms with E-state index in [1.54, 1.807) is 29.6 Å². The van der Waals surface area contributed by atoms with Crippen molar-refractivity contribution in [3.63, 3.8) is 0 Å². The molecule has 3 aromatic carbocycles. The number of fused-ring (bicyclic) bond motifs is 3. The Kier molecular flexibility index (Phi) is 3.91. The van der Waals surface area contributed by atoms with Gasteiger partial charge in [0.2, 0.25) is 0 Å². The molecule has 0 atom stereocenters. The van der Waals surface area contributed by atoms with Crippen molar-refractivity contribution in [1.29, 1.82) is 0 Å². The van der Waals surface area contributed by atoms with E-state index < -0.39 is 5.63 Å². The summed E-state index contributed by atoms with van der Waals surface area (Å²) in [5, 5.41) is 8.12. The van der Waals surface area contributed by atoms with Gasteiger partial charge in [-0.25, -0.2) is 14.2 Å². The molecule has 1 N–H and O–H groups in total. The Hall–Kier alpha value is -3.51. The van der Waals surface area contributed by atoms with E-state index in [-0.39, 0.29) is 5.82 Å². The Morgan fingerprint density at radius 2 is 1.79 bits per heavy atom. The van der Waals surface area contributed by atoms with Gasteiger partial charge < -0.3 is 9.73 Å². The van der Waals surface area contributed by atoms with Gasteiger partial charge in [-0.15, -0.1) is 11.3 Å². The minimum Gasteiger partial charge on any atom is -0.422 e. The van der Waals surface area contributed by atoms with Gasteiger partial charge in [-0.1, -0.05) is 42.5 Å². The largest absolute Gasteiger partial charge is 0.422 e. The first-order valence-electron chi connectivity index (χ1n) is 8.62. The summed E-state index contributed by atoms with van der Waals surface area (Å²) in [6, 6.07) is 19.8. The predicted octanol–water partition coefficient (Wildman–Crippen LogP) is 5.95. The van der Waals surface area contributed by atoms with Crippen LogP contribution in [0.2, 0.25) is 0 Å². The fraction of sp³-hybridized carbons (Fsp3) is 0. The van der Waals surface area contributed by atoms with Crippen molar-refractivity contribution in [1.82, 2.24) is 4.98 Å². The van der Waals surface area contributed by atoms with Crippen molar-refractivity contribution in [3.8, 4) is 11.3 Å². The van der Waals surface area contributed by atoms with E-state index in [0.29, 0.717) is 27.7 Å². The molecule has 0 radical (unpaired) electrons. The lowest BCUT2D eigenvalue weighted by Crippen LogP contribution is -2.03. The first-order valence-corrected chi connectivity index (χ1v) is 9.50. The zero-order valence-electron chi connectivity index (χ0n) is 14.5. The third-order valence-electron chi connectivity index (χ3n) is 4.54. The third kappa shape index (κ3) is 2.84. The van der Waals surface area contributed by atoms with E-state index in [2.05, 4.69) is 10.3 Å². The quantitative estimate of drug-likeness (QED) is 0.306. The van der Waals surface area contributed by atoms with E-state index in [9.17, 15) is 9.18 Å². The molecule has 0 amide bonds. The number of nitrogens with zero attached hydrogens (tertiary/aromatic N) is 1. The van der Waals surface area contributed by atoms with Gasteiger partial charge in [0, 0.05) is 10.8 Å². The van der Waals surface area contributed by atoms with Gasteiger partial charge in [0.1, 0.15) is 11.4 Å². The van der Waals surface area contributed by atoms with Crippen molar-refractivity contribution < 1.29 is 8.81 Å². The molecule has 0 aliphatic rings. The topological polar surface area (TPSA) is 55.1 Å². The molecule has 6 heteroatoms. The van der Waals surface area contributed by atoms with Crippen molar-refractivity contribution in [3.05, 3.63) is 88.3 Å². The smallest absolute Gasteiger partial charge is 0.345 e. The summed E-state index contributed by atoms with van der Waals surface area (Å²) >= 11 is 1.30. The molecular formula is C22H13FN2O2S. The van der Waals surface area contributed by atoms with Crippen LogP contribution in [0.1, 0.15) is 0 Å². The van der Waals surface area contributed by atoms with Crippen LogP contribution in [0.4, 0.5) is 15.2 Å². The molecule has 0 saturated carbocycles. The monoisotopic (exact) mass is 388 g/mol. The number of thiazole rings is 1. The van der Waals surface area contributed by atoms with Crippen molar-refractivity contribution in [2.45, 2.75) is 0 Å². The molecule has 5 rings (SSSR count). The first-order chi connectivity index (χ1) is 13.7. The standard InChI is InChI=1S/C22H13FN2O2S/c23-17-7-3-4-8-18(17)24-22-25-19(12-28-22)16-11-15-14-6-2-1-5-13(14)9-10-20(15)27-21(16)26/h1-12H,(H,24,25). The van der Waals surface area contributed by atoms with E-state index in [0.717, 1.165) is 16.2 Å². The molecule has 0 unspecified atom stereocenters. The summed E-state index contributed by atoms with van der Waals surface area (Å²) in [5.41, 5.74) is 1.28. The molecule has 0 aliphatic carbocycles. The first kappa shape index (κ1) is 16.6. The summed E-state index contributed by atoms with van der Waals surface area (Å²) in [6.45, 7) is 0. The second-order valence-corrected chi connectivity index (χ2v) is 7.15. The average Bonchev–Trinajstić information content (AvgIpc) is 3.17. The van der Waals surface area contributed by atoms with Crippen molar-refractivity contribution in [2.75, 3.05) is 5.32 Å². The van der Waals surface area contributed by atoms with Crippen LogP contribution in [-0.4, -0.2) is 4.98 Å². The molecule has 28 heavy (non-hydrogen) atoms. The molecule has 136 valence electrons. The molecule has 2 aromatic heterocycles. The van der Waals surface area contributed by atoms with Crippen LogP contribution in [0.25, 0.3) is 33.0 Å². The molecule has 0 spiro atoms. The number of rotatable bonds is 3. The number of anilines is 2. The van der Waals surface area contributed by atoms with E-state index in [1.807, 2.05) is 36.4 Å². The molecular weight excluding hydrogens is 375 g/mol. The van der Waals surface area contributed by atoms with Gasteiger partial charge in [0.25, 0.3) is 0 Å². The summed E-state index contributed by atoms with van der Waals surface area (Å²) in [7, 11) is 0. The summed E-state index contributed by atoms with van der Waals surface area (Å²) in [5.74, 6) is -0.365. The van der Waals surface area contributed by atoms with Gasteiger partial charge in [-0.05, 0) is 35.0 Å². The number of halogens is 1. The third-order valence-corrected chi connectivity index (χ3v) is 5.30. The molecule has 2 heterocycles. The highest BCUT2D eigenvalue weighted by atomic mass is 32.1. The van der Waals surface area contributed by atoms with Gasteiger partial charge >= 0.3 is 5.63 Å². The van der Waals surface area contributed by atoms with Gasteiger partial charge in [0.15, 0.2) is 5.13 Å². The minimum absolute atomic E-state index is 0.333. The number of para-hydroxylation sites is 1. The molecule has 4 nitrogen and oxygen atoms in total. The number of aromatic nitrogens is 1. The van der Waals surface area contributed by atoms with Crippen LogP contribution in [0.3, 0.4) is 0 Å². The zero-order valence-corrected chi connectivity index (χ0v) is 15.3. The number of hydrogen-bond donors (Lipinski definition) is 1. The lowest BCUT2D eigenvalue weighted by Gasteiger charge is -2.05. The molecule has 5 aromatic rings. The molecule has 0 bridgehead atoms. The molecule has 0 aliphatic heterocycles. The second kappa shape index (κ2) is 6.58. The maximum atomic E-state index is 13.8. The van der Waals surface area contributed by atoms with Crippen LogP contribution in [0, 0.1) is 5.82 Å². The van der Waals surface area contributed by atoms with Crippen LogP contribution < -0.4 is 10.9 Å². The van der Waals surface area contributed by atoms with Gasteiger partial charge in [-0.3, -0.25) is 0 Å². The fourth-order valence-electron chi connectivity index (χ4n) is 3.18. The fourth-order valence-corrected chi connectivity index (χ4v) is 3.91. The van der Waals surface area contributed by atoms with E-state index >= 15 is 0 Å². The molecule has 0 saturated heterocycles. The lowest BCUT2D eigenvalue weighted by molar-refractivity contribution is 0.563. The van der Waals surface area contributed by atoms with Crippen molar-refractivity contribution in [2.24, 2.45) is 0 Å². The van der Waals surface area contributed by atoms with Gasteiger partial charge in [0.05, 0.1) is 16.9 Å².